The summed E-state index contributed by atoms with van der Waals surface area (Å²) in [6, 6.07) is 8.28. The molecule has 0 heterocycles. The Hall–Kier alpha value is -1.02. The molecule has 1 rings (SSSR count). The van der Waals surface area contributed by atoms with E-state index < -0.39 is 0 Å². The second-order valence-electron chi connectivity index (χ2n) is 4.18. The summed E-state index contributed by atoms with van der Waals surface area (Å²) >= 11 is 0. The molecular formula is C11H18N2. The largest absolute Gasteiger partial charge is 0.372 e. The minimum Gasteiger partial charge on any atom is -0.372 e. The molecule has 2 nitrogen and oxygen atoms in total. The molecule has 0 radical (unpaired) electrons. The fraction of sp³-hybridized carbons (Fsp3) is 0.455. The molecule has 2 heteroatoms. The van der Waals surface area contributed by atoms with E-state index in [1.165, 1.54) is 5.56 Å². The van der Waals surface area contributed by atoms with Crippen LogP contribution < -0.4 is 11.1 Å². The lowest BCUT2D eigenvalue weighted by Gasteiger charge is -2.22. The van der Waals surface area contributed by atoms with Gasteiger partial charge >= 0.3 is 0 Å². The molecule has 13 heavy (non-hydrogen) atoms. The Morgan fingerprint density at radius 1 is 1.23 bits per heavy atom. The van der Waals surface area contributed by atoms with Gasteiger partial charge in [-0.3, -0.25) is 0 Å². The molecule has 0 spiro atoms. The lowest BCUT2D eigenvalue weighted by atomic mass is 9.86. The van der Waals surface area contributed by atoms with Crippen LogP contribution >= 0.6 is 0 Å². The zero-order valence-corrected chi connectivity index (χ0v) is 8.59. The highest BCUT2D eigenvalue weighted by Gasteiger charge is 2.16. The van der Waals surface area contributed by atoms with E-state index in [4.69, 9.17) is 5.73 Å². The van der Waals surface area contributed by atoms with Crippen molar-refractivity contribution in [2.45, 2.75) is 26.2 Å². The molecule has 0 atom stereocenters. The average molecular weight is 178 g/mol. The van der Waals surface area contributed by atoms with Gasteiger partial charge in [0.1, 0.15) is 0 Å². The van der Waals surface area contributed by atoms with Crippen molar-refractivity contribution in [3.63, 3.8) is 0 Å². The summed E-state index contributed by atoms with van der Waals surface area (Å²) in [5.74, 6) is 0. The number of hydrogen-bond donors (Lipinski definition) is 2. The highest BCUT2D eigenvalue weighted by Crippen LogP contribution is 2.28. The minimum atomic E-state index is 0.165. The highest BCUT2D eigenvalue weighted by atomic mass is 15.0. The molecule has 0 unspecified atom stereocenters. The van der Waals surface area contributed by atoms with E-state index in [9.17, 15) is 0 Å². The fourth-order valence-corrected chi connectivity index (χ4v) is 1.40. The standard InChI is InChI=1S/C11H18N2/c1-11(2,3)9-6-4-5-7-10(9)13-8-12/h4-7,13H,8,12H2,1-3H3. The second-order valence-corrected chi connectivity index (χ2v) is 4.18. The smallest absolute Gasteiger partial charge is 0.0628 e. The monoisotopic (exact) mass is 178 g/mol. The van der Waals surface area contributed by atoms with Gasteiger partial charge in [-0.1, -0.05) is 39.0 Å². The van der Waals surface area contributed by atoms with Crippen molar-refractivity contribution >= 4 is 5.69 Å². The third-order valence-electron chi connectivity index (χ3n) is 2.03. The van der Waals surface area contributed by atoms with Gasteiger partial charge in [-0.05, 0) is 17.0 Å². The average Bonchev–Trinajstić information content (AvgIpc) is 2.04. The summed E-state index contributed by atoms with van der Waals surface area (Å²) in [6.07, 6.45) is 0. The Labute approximate surface area is 80.1 Å². The fourth-order valence-electron chi connectivity index (χ4n) is 1.40. The molecule has 1 aromatic carbocycles. The summed E-state index contributed by atoms with van der Waals surface area (Å²) in [7, 11) is 0. The van der Waals surface area contributed by atoms with Crippen LogP contribution in [0.15, 0.2) is 24.3 Å². The maximum absolute atomic E-state index is 5.46. The normalized spacial score (nSPS) is 11.4. The van der Waals surface area contributed by atoms with E-state index in [-0.39, 0.29) is 5.41 Å². The number of hydrogen-bond acceptors (Lipinski definition) is 2. The Morgan fingerprint density at radius 2 is 1.85 bits per heavy atom. The molecule has 0 aromatic heterocycles. The molecule has 0 fully saturated rings. The number of nitrogens with two attached hydrogens (primary N) is 1. The van der Waals surface area contributed by atoms with E-state index in [0.29, 0.717) is 6.67 Å². The van der Waals surface area contributed by atoms with Crippen molar-refractivity contribution < 1.29 is 0 Å². The van der Waals surface area contributed by atoms with Gasteiger partial charge in [0, 0.05) is 5.69 Å². The lowest BCUT2D eigenvalue weighted by Crippen LogP contribution is -2.18. The Kier molecular flexibility index (Phi) is 2.94. The van der Waals surface area contributed by atoms with Crippen molar-refractivity contribution in [3.05, 3.63) is 29.8 Å². The highest BCUT2D eigenvalue weighted by molar-refractivity contribution is 5.53. The van der Waals surface area contributed by atoms with Crippen LogP contribution in [0.3, 0.4) is 0 Å². The molecule has 1 aromatic rings. The number of nitrogens with one attached hydrogen (secondary N) is 1. The van der Waals surface area contributed by atoms with Crippen molar-refractivity contribution in [1.82, 2.24) is 0 Å². The zero-order valence-electron chi connectivity index (χ0n) is 8.59. The molecule has 0 saturated heterocycles. The maximum atomic E-state index is 5.46. The van der Waals surface area contributed by atoms with E-state index in [2.05, 4.69) is 44.3 Å². The number of para-hydroxylation sites is 1. The van der Waals surface area contributed by atoms with Gasteiger partial charge in [-0.15, -0.1) is 0 Å². The first-order valence-electron chi connectivity index (χ1n) is 4.59. The van der Waals surface area contributed by atoms with Crippen LogP contribution in [0.5, 0.6) is 0 Å². The van der Waals surface area contributed by atoms with Gasteiger partial charge in [-0.25, -0.2) is 0 Å². The SMILES string of the molecule is CC(C)(C)c1ccccc1NCN. The summed E-state index contributed by atoms with van der Waals surface area (Å²) in [5.41, 5.74) is 8.07. The van der Waals surface area contributed by atoms with Crippen LogP contribution in [0.25, 0.3) is 0 Å². The Balaban J connectivity index is 3.05. The van der Waals surface area contributed by atoms with Crippen LogP contribution in [-0.2, 0) is 5.41 Å². The van der Waals surface area contributed by atoms with Crippen molar-refractivity contribution in [1.29, 1.82) is 0 Å². The molecule has 3 N–H and O–H groups in total. The number of rotatable bonds is 2. The van der Waals surface area contributed by atoms with E-state index >= 15 is 0 Å². The molecule has 0 bridgehead atoms. The van der Waals surface area contributed by atoms with Crippen LogP contribution in [0.1, 0.15) is 26.3 Å². The lowest BCUT2D eigenvalue weighted by molar-refractivity contribution is 0.591. The molecule has 0 amide bonds. The summed E-state index contributed by atoms with van der Waals surface area (Å²) in [4.78, 5) is 0. The van der Waals surface area contributed by atoms with Crippen LogP contribution in [-0.4, -0.2) is 6.67 Å². The third kappa shape index (κ3) is 2.46. The summed E-state index contributed by atoms with van der Waals surface area (Å²) in [5, 5.41) is 3.16. The molecule has 0 aliphatic rings. The van der Waals surface area contributed by atoms with Gasteiger partial charge in [-0.2, -0.15) is 0 Å². The molecule has 0 aliphatic carbocycles. The first-order chi connectivity index (χ1) is 6.05. The van der Waals surface area contributed by atoms with Gasteiger partial charge in [0.2, 0.25) is 0 Å². The maximum Gasteiger partial charge on any atom is 0.0628 e. The molecular weight excluding hydrogens is 160 g/mol. The third-order valence-corrected chi connectivity index (χ3v) is 2.03. The van der Waals surface area contributed by atoms with Crippen LogP contribution in [0, 0.1) is 0 Å². The van der Waals surface area contributed by atoms with Crippen molar-refractivity contribution in [2.75, 3.05) is 12.0 Å². The first-order valence-corrected chi connectivity index (χ1v) is 4.59. The van der Waals surface area contributed by atoms with Gasteiger partial charge in [0.05, 0.1) is 6.67 Å². The van der Waals surface area contributed by atoms with Crippen molar-refractivity contribution in [2.24, 2.45) is 5.73 Å². The van der Waals surface area contributed by atoms with Crippen LogP contribution in [0.4, 0.5) is 5.69 Å². The van der Waals surface area contributed by atoms with E-state index in [1.807, 2.05) is 6.07 Å². The minimum absolute atomic E-state index is 0.165. The predicted molar refractivity (Wildman–Crippen MR) is 57.8 cm³/mol. The quantitative estimate of drug-likeness (QED) is 0.682. The van der Waals surface area contributed by atoms with Gasteiger partial charge in [0.15, 0.2) is 0 Å². The van der Waals surface area contributed by atoms with Gasteiger partial charge < -0.3 is 11.1 Å². The van der Waals surface area contributed by atoms with Crippen LogP contribution in [0.2, 0.25) is 0 Å². The molecule has 0 saturated carbocycles. The number of benzene rings is 1. The molecule has 72 valence electrons. The van der Waals surface area contributed by atoms with E-state index in [0.717, 1.165) is 5.69 Å². The first kappa shape index (κ1) is 10.1. The predicted octanol–water partition coefficient (Wildman–Crippen LogP) is 2.31. The Bertz CT molecular complexity index is 274. The van der Waals surface area contributed by atoms with Crippen molar-refractivity contribution in [3.8, 4) is 0 Å². The summed E-state index contributed by atoms with van der Waals surface area (Å²) < 4.78 is 0. The second kappa shape index (κ2) is 3.79. The zero-order chi connectivity index (χ0) is 9.90. The number of anilines is 1. The molecule has 0 aliphatic heterocycles. The van der Waals surface area contributed by atoms with Gasteiger partial charge in [0.25, 0.3) is 0 Å². The summed E-state index contributed by atoms with van der Waals surface area (Å²) in [6.45, 7) is 7.07. The Morgan fingerprint density at radius 3 is 2.38 bits per heavy atom. The topological polar surface area (TPSA) is 38.0 Å². The van der Waals surface area contributed by atoms with E-state index in [1.54, 1.807) is 0 Å².